The van der Waals surface area contributed by atoms with Gasteiger partial charge in [0.2, 0.25) is 5.91 Å². The zero-order chi connectivity index (χ0) is 12.4. The van der Waals surface area contributed by atoms with Crippen LogP contribution in [0.2, 0.25) is 0 Å². The molecule has 0 atom stereocenters. The number of ketones is 1. The van der Waals surface area contributed by atoms with Gasteiger partial charge in [0.1, 0.15) is 5.88 Å². The van der Waals surface area contributed by atoms with Crippen molar-refractivity contribution < 1.29 is 9.59 Å². The Morgan fingerprint density at radius 2 is 1.82 bits per heavy atom. The number of rotatable bonds is 3. The number of hydrogen-bond donors (Lipinski definition) is 0. The standard InChI is InChI=1S/C12H9Cl2NO2/c13-5-11(16)9-7-15(12(17)6-14)10-4-2-1-3-8(9)10/h1-4,7H,5-6H2. The maximum Gasteiger partial charge on any atom is 0.246 e. The first-order valence-electron chi connectivity index (χ1n) is 4.97. The van der Waals surface area contributed by atoms with Gasteiger partial charge < -0.3 is 0 Å². The minimum absolute atomic E-state index is 0.108. The summed E-state index contributed by atoms with van der Waals surface area (Å²) in [5.41, 5.74) is 1.13. The van der Waals surface area contributed by atoms with Crippen molar-refractivity contribution in [2.24, 2.45) is 0 Å². The van der Waals surface area contributed by atoms with E-state index in [4.69, 9.17) is 23.2 Å². The fraction of sp³-hybridized carbons (Fsp3) is 0.167. The lowest BCUT2D eigenvalue weighted by Crippen LogP contribution is -2.10. The van der Waals surface area contributed by atoms with Gasteiger partial charge in [-0.2, -0.15) is 0 Å². The molecule has 0 fully saturated rings. The first-order chi connectivity index (χ1) is 8.19. The van der Waals surface area contributed by atoms with Gasteiger partial charge in [0, 0.05) is 17.1 Å². The molecule has 5 heteroatoms. The number of nitrogens with zero attached hydrogens (tertiary/aromatic N) is 1. The fourth-order valence-electron chi connectivity index (χ4n) is 1.74. The summed E-state index contributed by atoms with van der Waals surface area (Å²) in [6, 6.07) is 7.16. The first-order valence-corrected chi connectivity index (χ1v) is 6.04. The highest BCUT2D eigenvalue weighted by atomic mass is 35.5. The molecule has 2 aromatic rings. The Morgan fingerprint density at radius 1 is 1.12 bits per heavy atom. The minimum Gasteiger partial charge on any atom is -0.293 e. The molecule has 0 radical (unpaired) electrons. The fourth-order valence-corrected chi connectivity index (χ4v) is 2.02. The van der Waals surface area contributed by atoms with Crippen LogP contribution in [0.25, 0.3) is 10.9 Å². The number of carbonyl (C=O) groups excluding carboxylic acids is 2. The van der Waals surface area contributed by atoms with Gasteiger partial charge >= 0.3 is 0 Å². The minimum atomic E-state index is -0.267. The molecule has 17 heavy (non-hydrogen) atoms. The maximum absolute atomic E-state index is 11.7. The van der Waals surface area contributed by atoms with Gasteiger partial charge in [-0.3, -0.25) is 14.2 Å². The highest BCUT2D eigenvalue weighted by molar-refractivity contribution is 6.32. The van der Waals surface area contributed by atoms with Gasteiger partial charge in [-0.15, -0.1) is 23.2 Å². The van der Waals surface area contributed by atoms with Crippen molar-refractivity contribution in [3.05, 3.63) is 36.0 Å². The monoisotopic (exact) mass is 269 g/mol. The van der Waals surface area contributed by atoms with Crippen molar-refractivity contribution >= 4 is 45.8 Å². The Kier molecular flexibility index (Phi) is 3.50. The number of alkyl halides is 2. The number of carbonyl (C=O) groups is 2. The first kappa shape index (κ1) is 12.1. The van der Waals surface area contributed by atoms with Crippen LogP contribution in [0, 0.1) is 0 Å². The number of hydrogen-bond acceptors (Lipinski definition) is 2. The number of Topliss-reactive ketones (excluding diaryl/α,β-unsaturated/α-hetero) is 1. The molecule has 1 heterocycles. The van der Waals surface area contributed by atoms with E-state index >= 15 is 0 Å². The van der Waals surface area contributed by atoms with Gasteiger partial charge in [-0.25, -0.2) is 0 Å². The summed E-state index contributed by atoms with van der Waals surface area (Å²) in [6.45, 7) is 0. The molecule has 2 rings (SSSR count). The smallest absolute Gasteiger partial charge is 0.246 e. The largest absolute Gasteiger partial charge is 0.293 e. The summed E-state index contributed by atoms with van der Waals surface area (Å²) in [5.74, 6) is -0.712. The van der Waals surface area contributed by atoms with E-state index in [0.717, 1.165) is 5.39 Å². The maximum atomic E-state index is 11.7. The Morgan fingerprint density at radius 3 is 2.47 bits per heavy atom. The van der Waals surface area contributed by atoms with E-state index < -0.39 is 0 Å². The average molecular weight is 270 g/mol. The molecule has 0 aliphatic rings. The van der Waals surface area contributed by atoms with E-state index in [-0.39, 0.29) is 23.5 Å². The van der Waals surface area contributed by atoms with Crippen LogP contribution in [0.15, 0.2) is 30.5 Å². The number of aromatic nitrogens is 1. The van der Waals surface area contributed by atoms with Crippen LogP contribution < -0.4 is 0 Å². The van der Waals surface area contributed by atoms with Gasteiger partial charge in [-0.1, -0.05) is 18.2 Å². The van der Waals surface area contributed by atoms with Crippen molar-refractivity contribution in [2.75, 3.05) is 11.8 Å². The Balaban J connectivity index is 2.71. The summed E-state index contributed by atoms with van der Waals surface area (Å²) in [6.07, 6.45) is 1.50. The topological polar surface area (TPSA) is 39.1 Å². The summed E-state index contributed by atoms with van der Waals surface area (Å²) >= 11 is 11.1. The molecule has 0 aliphatic heterocycles. The van der Waals surface area contributed by atoms with E-state index in [2.05, 4.69) is 0 Å². The Hall–Kier alpha value is -1.32. The molecular formula is C12H9Cl2NO2. The molecule has 0 spiro atoms. The quantitative estimate of drug-likeness (QED) is 0.635. The zero-order valence-electron chi connectivity index (χ0n) is 8.82. The van der Waals surface area contributed by atoms with Gasteiger partial charge in [0.25, 0.3) is 0 Å². The Labute approximate surface area is 108 Å². The van der Waals surface area contributed by atoms with Gasteiger partial charge in [0.15, 0.2) is 5.78 Å². The predicted molar refractivity (Wildman–Crippen MR) is 68.3 cm³/mol. The second-order valence-electron chi connectivity index (χ2n) is 3.51. The Bertz CT molecular complexity index is 539. The van der Waals surface area contributed by atoms with E-state index in [1.807, 2.05) is 6.07 Å². The molecule has 1 aromatic heterocycles. The van der Waals surface area contributed by atoms with Crippen LogP contribution in [0.4, 0.5) is 0 Å². The summed E-state index contributed by atoms with van der Waals surface area (Å²) in [4.78, 5) is 23.3. The van der Waals surface area contributed by atoms with Gasteiger partial charge in [0.05, 0.1) is 11.4 Å². The lowest BCUT2D eigenvalue weighted by atomic mass is 10.1. The summed E-state index contributed by atoms with van der Waals surface area (Å²) < 4.78 is 1.39. The normalized spacial score (nSPS) is 10.7. The van der Waals surface area contributed by atoms with Crippen molar-refractivity contribution in [3.63, 3.8) is 0 Å². The average Bonchev–Trinajstić information content (AvgIpc) is 2.76. The third kappa shape index (κ3) is 2.08. The molecule has 0 saturated carbocycles. The third-order valence-corrected chi connectivity index (χ3v) is 2.99. The van der Waals surface area contributed by atoms with Crippen molar-refractivity contribution in [3.8, 4) is 0 Å². The molecule has 0 bridgehead atoms. The lowest BCUT2D eigenvalue weighted by molar-refractivity contribution is 0.0945. The molecule has 0 saturated heterocycles. The van der Waals surface area contributed by atoms with E-state index in [9.17, 15) is 9.59 Å². The number of fused-ring (bicyclic) bond motifs is 1. The van der Waals surface area contributed by atoms with Crippen molar-refractivity contribution in [1.29, 1.82) is 0 Å². The highest BCUT2D eigenvalue weighted by Crippen LogP contribution is 2.22. The van der Waals surface area contributed by atoms with Crippen molar-refractivity contribution in [2.45, 2.75) is 0 Å². The molecule has 1 aromatic carbocycles. The SMILES string of the molecule is O=C(CCl)c1cn(C(=O)CCl)c2ccccc12. The molecule has 0 unspecified atom stereocenters. The van der Waals surface area contributed by atoms with Crippen molar-refractivity contribution in [1.82, 2.24) is 4.57 Å². The van der Waals surface area contributed by atoms with E-state index in [0.29, 0.717) is 11.1 Å². The second-order valence-corrected chi connectivity index (χ2v) is 4.05. The van der Waals surface area contributed by atoms with Crippen LogP contribution in [-0.4, -0.2) is 28.0 Å². The number of para-hydroxylation sites is 1. The zero-order valence-corrected chi connectivity index (χ0v) is 10.3. The van der Waals surface area contributed by atoms with Crippen LogP contribution in [-0.2, 0) is 0 Å². The predicted octanol–water partition coefficient (Wildman–Crippen LogP) is 2.94. The van der Waals surface area contributed by atoms with Crippen LogP contribution in [0.1, 0.15) is 15.2 Å². The third-order valence-electron chi connectivity index (χ3n) is 2.52. The second kappa shape index (κ2) is 4.90. The van der Waals surface area contributed by atoms with Gasteiger partial charge in [-0.05, 0) is 6.07 Å². The molecule has 0 aliphatic carbocycles. The van der Waals surface area contributed by atoms with Crippen LogP contribution in [0.5, 0.6) is 0 Å². The number of benzene rings is 1. The molecule has 3 nitrogen and oxygen atoms in total. The van der Waals surface area contributed by atoms with Crippen LogP contribution in [0.3, 0.4) is 0 Å². The molecule has 0 amide bonds. The molecular weight excluding hydrogens is 261 g/mol. The van der Waals surface area contributed by atoms with E-state index in [1.54, 1.807) is 18.2 Å². The summed E-state index contributed by atoms with van der Waals surface area (Å²) in [5, 5.41) is 0.719. The number of halogens is 2. The summed E-state index contributed by atoms with van der Waals surface area (Å²) in [7, 11) is 0. The lowest BCUT2D eigenvalue weighted by Gasteiger charge is -1.99. The highest BCUT2D eigenvalue weighted by Gasteiger charge is 2.16. The molecule has 88 valence electrons. The van der Waals surface area contributed by atoms with Crippen LogP contribution >= 0.6 is 23.2 Å². The van der Waals surface area contributed by atoms with E-state index in [1.165, 1.54) is 10.8 Å². The molecule has 0 N–H and O–H groups in total.